The first-order chi connectivity index (χ1) is 20.6. The molecule has 2 aromatic heterocycles. The number of benzene rings is 1. The van der Waals surface area contributed by atoms with Crippen LogP contribution in [0.25, 0.3) is 5.69 Å². The standard InChI is InChI=1S/C25H24ClN9O5S3/c1-2-40-33-17(14-10-42-24(29)30-14)20(36)32-18-21(37)35-19(23(38)39)11(8-41-22(18)35)9-43-25-31-15(27)7-16(28)34(25)13-5-3-12(26)4-6-13/h3-7,10,18,22H,2,8-9H2,1H3,(H7,27,28,29,30,32,36,38,39)/p+1/b33-17-/t18?,22-/m1/s1. The highest BCUT2D eigenvalue weighted by atomic mass is 35.5. The fraction of sp³-hybridized carbons (Fsp3) is 0.240. The van der Waals surface area contributed by atoms with Crippen LogP contribution >= 0.6 is 46.5 Å². The van der Waals surface area contributed by atoms with Gasteiger partial charge in [-0.3, -0.25) is 14.5 Å². The number of carboxylic acid groups (broad SMARTS) is 1. The van der Waals surface area contributed by atoms with Crippen LogP contribution in [0.15, 0.2) is 57.3 Å². The van der Waals surface area contributed by atoms with E-state index in [1.165, 1.54) is 34.5 Å². The number of nitrogens with two attached hydrogens (primary N) is 3. The molecule has 8 N–H and O–H groups in total. The Morgan fingerprint density at radius 3 is 2.67 bits per heavy atom. The van der Waals surface area contributed by atoms with E-state index in [-0.39, 0.29) is 46.2 Å². The predicted molar refractivity (Wildman–Crippen MR) is 165 cm³/mol. The molecule has 224 valence electrons. The number of β-lactam (4-membered cyclic amide) rings is 1. The van der Waals surface area contributed by atoms with E-state index in [0.717, 1.165) is 11.3 Å². The van der Waals surface area contributed by atoms with Gasteiger partial charge in [0.1, 0.15) is 35.1 Å². The Balaban J connectivity index is 1.36. The van der Waals surface area contributed by atoms with Crippen molar-refractivity contribution in [3.05, 3.63) is 57.7 Å². The van der Waals surface area contributed by atoms with Crippen molar-refractivity contribution in [2.75, 3.05) is 35.3 Å². The van der Waals surface area contributed by atoms with Crippen LogP contribution in [0.3, 0.4) is 0 Å². The highest BCUT2D eigenvalue weighted by Crippen LogP contribution is 2.41. The number of nitrogen functional groups attached to an aromatic ring is 3. The Kier molecular flexibility index (Phi) is 8.95. The molecular formula is C25H25ClN9O5S3+. The number of oxime groups is 1. The summed E-state index contributed by atoms with van der Waals surface area (Å²) in [5.74, 6) is -1.54. The molecule has 1 fully saturated rings. The molecule has 4 heterocycles. The number of halogens is 1. The van der Waals surface area contributed by atoms with Gasteiger partial charge in [0.05, 0.1) is 6.07 Å². The average Bonchev–Trinajstić information content (AvgIpc) is 3.40. The largest absolute Gasteiger partial charge is 0.477 e. The molecular weight excluding hydrogens is 638 g/mol. The smallest absolute Gasteiger partial charge is 0.352 e. The third kappa shape index (κ3) is 6.20. The first-order valence-corrected chi connectivity index (χ1v) is 15.9. The van der Waals surface area contributed by atoms with Gasteiger partial charge in [0.25, 0.3) is 11.8 Å². The Hall–Kier alpha value is -4.06. The lowest BCUT2D eigenvalue weighted by Crippen LogP contribution is -2.71. The molecule has 3 aromatic rings. The maximum Gasteiger partial charge on any atom is 0.352 e. The summed E-state index contributed by atoms with van der Waals surface area (Å²) in [6.45, 7) is 1.90. The van der Waals surface area contributed by atoms with Gasteiger partial charge in [-0.05, 0) is 48.5 Å². The van der Waals surface area contributed by atoms with Crippen molar-refractivity contribution in [3.8, 4) is 5.69 Å². The van der Waals surface area contributed by atoms with Gasteiger partial charge < -0.3 is 32.5 Å². The Morgan fingerprint density at radius 1 is 1.28 bits per heavy atom. The molecule has 2 aliphatic heterocycles. The molecule has 1 saturated heterocycles. The van der Waals surface area contributed by atoms with Gasteiger partial charge in [-0.15, -0.1) is 23.1 Å². The van der Waals surface area contributed by atoms with E-state index in [1.807, 2.05) is 0 Å². The number of nitrogens with one attached hydrogen (secondary N) is 1. The summed E-state index contributed by atoms with van der Waals surface area (Å²) in [5, 5.41) is 18.7. The first-order valence-electron chi connectivity index (χ1n) is 12.6. The molecule has 0 bridgehead atoms. The second kappa shape index (κ2) is 12.7. The Morgan fingerprint density at radius 2 is 2.02 bits per heavy atom. The number of carbonyl (C=O) groups is 3. The summed E-state index contributed by atoms with van der Waals surface area (Å²) in [6, 6.07) is 7.49. The van der Waals surface area contributed by atoms with Gasteiger partial charge in [0.2, 0.25) is 11.6 Å². The third-order valence-electron chi connectivity index (χ3n) is 6.23. The maximum atomic E-state index is 13.2. The van der Waals surface area contributed by atoms with E-state index in [2.05, 4.69) is 20.4 Å². The van der Waals surface area contributed by atoms with Crippen LogP contribution in [0.4, 0.5) is 16.8 Å². The van der Waals surface area contributed by atoms with Gasteiger partial charge >= 0.3 is 11.1 Å². The van der Waals surface area contributed by atoms with Crippen LogP contribution in [0.1, 0.15) is 12.6 Å². The van der Waals surface area contributed by atoms with Gasteiger partial charge in [0, 0.05) is 21.9 Å². The summed E-state index contributed by atoms with van der Waals surface area (Å²) in [7, 11) is 0. The third-order valence-corrected chi connectivity index (χ3v) is 9.52. The Labute approximate surface area is 262 Å². The van der Waals surface area contributed by atoms with Crippen molar-refractivity contribution < 1.29 is 28.9 Å². The van der Waals surface area contributed by atoms with Crippen molar-refractivity contribution in [2.24, 2.45) is 5.16 Å². The second-order valence-corrected chi connectivity index (χ2v) is 12.4. The number of fused-ring (bicyclic) bond motifs is 1. The monoisotopic (exact) mass is 662 g/mol. The molecule has 5 rings (SSSR count). The topological polar surface area (TPSA) is 216 Å². The van der Waals surface area contributed by atoms with Gasteiger partial charge in [-0.1, -0.05) is 21.7 Å². The number of rotatable bonds is 10. The van der Waals surface area contributed by atoms with Crippen molar-refractivity contribution in [3.63, 3.8) is 0 Å². The summed E-state index contributed by atoms with van der Waals surface area (Å²) < 4.78 is 1.68. The van der Waals surface area contributed by atoms with E-state index in [1.54, 1.807) is 41.1 Å². The molecule has 18 heteroatoms. The lowest BCUT2D eigenvalue weighted by Gasteiger charge is -2.49. The molecule has 2 aliphatic rings. The number of thiazole rings is 1. The summed E-state index contributed by atoms with van der Waals surface area (Å²) in [4.78, 5) is 53.5. The number of carboxylic acids is 1. The highest BCUT2D eigenvalue weighted by Gasteiger charge is 2.54. The minimum absolute atomic E-state index is 0.142. The lowest BCUT2D eigenvalue weighted by molar-refractivity contribution is -0.626. The Bertz CT molecular complexity index is 1660. The summed E-state index contributed by atoms with van der Waals surface area (Å²) >= 11 is 9.71. The van der Waals surface area contributed by atoms with Gasteiger partial charge in [-0.25, -0.2) is 9.78 Å². The van der Waals surface area contributed by atoms with Crippen molar-refractivity contribution >= 4 is 86.7 Å². The second-order valence-electron chi connectivity index (χ2n) is 9.04. The van der Waals surface area contributed by atoms with Crippen LogP contribution < -0.4 is 27.1 Å². The number of aliphatic carboxylic acids is 1. The normalized spacial score (nSPS) is 18.2. The number of nitrogens with zero attached hydrogens (tertiary/aromatic N) is 5. The van der Waals surface area contributed by atoms with Gasteiger partial charge in [0.15, 0.2) is 10.8 Å². The highest BCUT2D eigenvalue weighted by molar-refractivity contribution is 8.01. The van der Waals surface area contributed by atoms with Crippen LogP contribution in [0.5, 0.6) is 0 Å². The first kappa shape index (κ1) is 30.4. The molecule has 2 amide bonds. The zero-order valence-electron chi connectivity index (χ0n) is 22.4. The molecule has 0 spiro atoms. The van der Waals surface area contributed by atoms with E-state index < -0.39 is 29.2 Å². The zero-order chi connectivity index (χ0) is 30.8. The molecule has 0 aliphatic carbocycles. The molecule has 1 aromatic carbocycles. The molecule has 2 atom stereocenters. The SMILES string of the molecule is CCO/N=C(\C(=O)NC1C(=O)N2C(C(=O)O)=C(CSc3nc(N)cc(N)[n+]3-c3ccc(Cl)cc3)CS[C@H]12)c1csc(N)n1. The number of thioether (sulfide) groups is 2. The zero-order valence-corrected chi connectivity index (χ0v) is 25.6. The number of carbonyl (C=O) groups excluding carboxylic acids is 2. The van der Waals surface area contributed by atoms with Crippen LogP contribution in [-0.2, 0) is 19.2 Å². The van der Waals surface area contributed by atoms with Gasteiger partial charge in [-0.2, -0.15) is 4.57 Å². The quantitative estimate of drug-likeness (QED) is 0.0521. The van der Waals surface area contributed by atoms with Crippen molar-refractivity contribution in [1.29, 1.82) is 0 Å². The summed E-state index contributed by atoms with van der Waals surface area (Å²) in [6.07, 6.45) is 0. The lowest BCUT2D eigenvalue weighted by atomic mass is 10.0. The van der Waals surface area contributed by atoms with Crippen molar-refractivity contribution in [1.82, 2.24) is 20.2 Å². The van der Waals surface area contributed by atoms with E-state index >= 15 is 0 Å². The minimum atomic E-state index is -1.26. The number of hydrogen-bond donors (Lipinski definition) is 5. The average molecular weight is 663 g/mol. The van der Waals surface area contributed by atoms with E-state index in [9.17, 15) is 19.5 Å². The number of hydrogen-bond acceptors (Lipinski definition) is 13. The van der Waals surface area contributed by atoms with Crippen LogP contribution in [0, 0.1) is 0 Å². The fourth-order valence-electron chi connectivity index (χ4n) is 4.35. The molecule has 43 heavy (non-hydrogen) atoms. The molecule has 0 saturated carbocycles. The maximum absolute atomic E-state index is 13.2. The minimum Gasteiger partial charge on any atom is -0.477 e. The van der Waals surface area contributed by atoms with Crippen molar-refractivity contribution in [2.45, 2.75) is 23.5 Å². The predicted octanol–water partition coefficient (Wildman–Crippen LogP) is 1.49. The summed E-state index contributed by atoms with van der Waals surface area (Å²) in [5.41, 5.74) is 19.0. The van der Waals surface area contributed by atoms with Crippen LogP contribution in [-0.4, -0.2) is 73.0 Å². The number of anilines is 3. The number of aromatic nitrogens is 3. The fourth-order valence-corrected chi connectivity index (χ4v) is 7.55. The number of amides is 2. The molecule has 14 nitrogen and oxygen atoms in total. The molecule has 0 radical (unpaired) electrons. The van der Waals surface area contributed by atoms with E-state index in [0.29, 0.717) is 27.3 Å². The van der Waals surface area contributed by atoms with E-state index in [4.69, 9.17) is 33.6 Å². The molecule has 1 unspecified atom stereocenters. The van der Waals surface area contributed by atoms with Crippen LogP contribution in [0.2, 0.25) is 5.02 Å².